The van der Waals surface area contributed by atoms with E-state index in [2.05, 4.69) is 9.97 Å². The van der Waals surface area contributed by atoms with E-state index in [1.165, 1.54) is 0 Å². The Kier molecular flexibility index (Phi) is 3.41. The topological polar surface area (TPSA) is 66.3 Å². The molecule has 0 saturated carbocycles. The van der Waals surface area contributed by atoms with Gasteiger partial charge >= 0.3 is 5.97 Å². The van der Waals surface area contributed by atoms with E-state index in [-0.39, 0.29) is 12.6 Å². The van der Waals surface area contributed by atoms with Crippen molar-refractivity contribution in [1.82, 2.24) is 9.97 Å². The van der Waals surface area contributed by atoms with Crippen LogP contribution < -0.4 is 4.90 Å². The molecule has 0 bridgehead atoms. The van der Waals surface area contributed by atoms with Gasteiger partial charge in [0.25, 0.3) is 0 Å². The Bertz CT molecular complexity index is 569. The number of carbonyl (C=O) groups is 1. The predicted octanol–water partition coefficient (Wildman–Crippen LogP) is 1.93. The van der Waals surface area contributed by atoms with Crippen molar-refractivity contribution in [2.24, 2.45) is 0 Å². The molecular weight excluding hydrogens is 230 g/mol. The summed E-state index contributed by atoms with van der Waals surface area (Å²) >= 11 is 0. The normalized spacial score (nSPS) is 10.8. The van der Waals surface area contributed by atoms with Crippen LogP contribution in [0.15, 0.2) is 30.5 Å². The minimum atomic E-state index is -0.876. The van der Waals surface area contributed by atoms with E-state index >= 15 is 0 Å². The molecule has 5 heteroatoms. The number of para-hydroxylation sites is 2. The van der Waals surface area contributed by atoms with Crippen molar-refractivity contribution in [3.63, 3.8) is 0 Å². The molecule has 0 aliphatic carbocycles. The lowest BCUT2D eigenvalue weighted by Crippen LogP contribution is -2.36. The lowest BCUT2D eigenvalue weighted by atomic mass is 10.3. The van der Waals surface area contributed by atoms with Crippen LogP contribution in [0.2, 0.25) is 0 Å². The van der Waals surface area contributed by atoms with Crippen LogP contribution in [0.4, 0.5) is 5.82 Å². The zero-order valence-electron chi connectivity index (χ0n) is 10.4. The number of carboxylic acid groups (broad SMARTS) is 1. The van der Waals surface area contributed by atoms with Crippen LogP contribution >= 0.6 is 0 Å². The van der Waals surface area contributed by atoms with Crippen LogP contribution in [0.1, 0.15) is 13.8 Å². The van der Waals surface area contributed by atoms with Gasteiger partial charge in [0.1, 0.15) is 12.4 Å². The van der Waals surface area contributed by atoms with Gasteiger partial charge < -0.3 is 10.0 Å². The molecule has 0 spiro atoms. The zero-order valence-corrected chi connectivity index (χ0v) is 10.4. The summed E-state index contributed by atoms with van der Waals surface area (Å²) in [6, 6.07) is 7.58. The van der Waals surface area contributed by atoms with Gasteiger partial charge in [-0.1, -0.05) is 12.1 Å². The summed E-state index contributed by atoms with van der Waals surface area (Å²) < 4.78 is 0. The summed E-state index contributed by atoms with van der Waals surface area (Å²) in [6.07, 6.45) is 1.62. The average molecular weight is 245 g/mol. The Morgan fingerprint density at radius 2 is 2.00 bits per heavy atom. The van der Waals surface area contributed by atoms with Crippen LogP contribution in [0.3, 0.4) is 0 Å². The summed E-state index contributed by atoms with van der Waals surface area (Å²) in [5, 5.41) is 8.92. The summed E-state index contributed by atoms with van der Waals surface area (Å²) in [4.78, 5) is 21.3. The minimum absolute atomic E-state index is 0.0524. The van der Waals surface area contributed by atoms with Crippen molar-refractivity contribution in [3.05, 3.63) is 30.5 Å². The Hall–Kier alpha value is -2.17. The number of hydrogen-bond donors (Lipinski definition) is 1. The fraction of sp³-hybridized carbons (Fsp3) is 0.308. The Balaban J connectivity index is 2.41. The molecule has 5 nitrogen and oxygen atoms in total. The molecule has 0 amide bonds. The maximum atomic E-state index is 10.9. The van der Waals surface area contributed by atoms with Crippen molar-refractivity contribution in [2.75, 3.05) is 11.4 Å². The van der Waals surface area contributed by atoms with Gasteiger partial charge in [-0.2, -0.15) is 0 Å². The molecular formula is C13H15N3O2. The third-order valence-electron chi connectivity index (χ3n) is 2.66. The zero-order chi connectivity index (χ0) is 13.1. The predicted molar refractivity (Wildman–Crippen MR) is 69.7 cm³/mol. The number of anilines is 1. The summed E-state index contributed by atoms with van der Waals surface area (Å²) in [5.41, 5.74) is 1.58. The number of fused-ring (bicyclic) bond motifs is 1. The van der Waals surface area contributed by atoms with Crippen LogP contribution in [0, 0.1) is 0 Å². The first-order chi connectivity index (χ1) is 8.58. The van der Waals surface area contributed by atoms with Gasteiger partial charge in [0.05, 0.1) is 17.2 Å². The highest BCUT2D eigenvalue weighted by molar-refractivity contribution is 5.77. The van der Waals surface area contributed by atoms with Crippen molar-refractivity contribution < 1.29 is 9.90 Å². The fourth-order valence-corrected chi connectivity index (χ4v) is 1.76. The maximum absolute atomic E-state index is 10.9. The first-order valence-electron chi connectivity index (χ1n) is 5.78. The van der Waals surface area contributed by atoms with Crippen LogP contribution in [-0.2, 0) is 4.79 Å². The summed E-state index contributed by atoms with van der Waals surface area (Å²) in [6.45, 7) is 3.78. The molecule has 1 heterocycles. The van der Waals surface area contributed by atoms with E-state index in [4.69, 9.17) is 5.11 Å². The molecule has 0 unspecified atom stereocenters. The molecule has 2 rings (SSSR count). The number of rotatable bonds is 4. The fourth-order valence-electron chi connectivity index (χ4n) is 1.76. The average Bonchev–Trinajstić information content (AvgIpc) is 2.35. The first kappa shape index (κ1) is 12.3. The molecule has 18 heavy (non-hydrogen) atoms. The minimum Gasteiger partial charge on any atom is -0.480 e. The van der Waals surface area contributed by atoms with E-state index in [0.717, 1.165) is 11.0 Å². The molecule has 94 valence electrons. The number of hydrogen-bond acceptors (Lipinski definition) is 4. The van der Waals surface area contributed by atoms with E-state index < -0.39 is 5.97 Å². The molecule has 0 saturated heterocycles. The molecule has 0 atom stereocenters. The van der Waals surface area contributed by atoms with Crippen molar-refractivity contribution in [1.29, 1.82) is 0 Å². The van der Waals surface area contributed by atoms with Gasteiger partial charge in [-0.3, -0.25) is 9.78 Å². The first-order valence-corrected chi connectivity index (χ1v) is 5.78. The van der Waals surface area contributed by atoms with Crippen LogP contribution in [0.5, 0.6) is 0 Å². The Labute approximate surface area is 105 Å². The van der Waals surface area contributed by atoms with Crippen molar-refractivity contribution in [3.8, 4) is 0 Å². The van der Waals surface area contributed by atoms with Gasteiger partial charge in [0, 0.05) is 6.04 Å². The van der Waals surface area contributed by atoms with E-state index in [0.29, 0.717) is 5.82 Å². The number of nitrogens with zero attached hydrogens (tertiary/aromatic N) is 3. The largest absolute Gasteiger partial charge is 0.480 e. The van der Waals surface area contributed by atoms with Gasteiger partial charge in [-0.15, -0.1) is 0 Å². The van der Waals surface area contributed by atoms with Gasteiger partial charge in [-0.05, 0) is 26.0 Å². The highest BCUT2D eigenvalue weighted by atomic mass is 16.4. The highest BCUT2D eigenvalue weighted by Crippen LogP contribution is 2.17. The molecule has 1 N–H and O–H groups in total. The second-order valence-electron chi connectivity index (χ2n) is 4.33. The quantitative estimate of drug-likeness (QED) is 0.891. The molecule has 0 aliphatic heterocycles. The standard InChI is InChI=1S/C13H15N3O2/c1-9(2)16(8-13(17)18)12-7-14-10-5-3-4-6-11(10)15-12/h3-7,9H,8H2,1-2H3,(H,17,18). The summed E-state index contributed by atoms with van der Waals surface area (Å²) in [5.74, 6) is -0.287. The third kappa shape index (κ3) is 2.56. The number of carboxylic acids is 1. The smallest absolute Gasteiger partial charge is 0.323 e. The number of aliphatic carboxylic acids is 1. The van der Waals surface area contributed by atoms with Crippen LogP contribution in [-0.4, -0.2) is 33.6 Å². The van der Waals surface area contributed by atoms with Gasteiger partial charge in [0.2, 0.25) is 0 Å². The summed E-state index contributed by atoms with van der Waals surface area (Å²) in [7, 11) is 0. The second kappa shape index (κ2) is 5.00. The number of aromatic nitrogens is 2. The monoisotopic (exact) mass is 245 g/mol. The molecule has 2 aromatic rings. The highest BCUT2D eigenvalue weighted by Gasteiger charge is 2.16. The lowest BCUT2D eigenvalue weighted by molar-refractivity contribution is -0.135. The lowest BCUT2D eigenvalue weighted by Gasteiger charge is -2.25. The maximum Gasteiger partial charge on any atom is 0.323 e. The Morgan fingerprint density at radius 1 is 1.33 bits per heavy atom. The molecule has 0 fully saturated rings. The molecule has 0 radical (unpaired) electrons. The molecule has 1 aromatic carbocycles. The third-order valence-corrected chi connectivity index (χ3v) is 2.66. The SMILES string of the molecule is CC(C)N(CC(=O)O)c1cnc2ccccc2n1. The van der Waals surface area contributed by atoms with Gasteiger partial charge in [0.15, 0.2) is 0 Å². The van der Waals surface area contributed by atoms with Crippen LogP contribution in [0.25, 0.3) is 11.0 Å². The Morgan fingerprint density at radius 3 is 2.61 bits per heavy atom. The van der Waals surface area contributed by atoms with Crippen molar-refractivity contribution >= 4 is 22.8 Å². The van der Waals surface area contributed by atoms with Gasteiger partial charge in [-0.25, -0.2) is 4.98 Å². The second-order valence-corrected chi connectivity index (χ2v) is 4.33. The van der Waals surface area contributed by atoms with E-state index in [1.54, 1.807) is 11.1 Å². The number of benzene rings is 1. The van der Waals surface area contributed by atoms with Crippen molar-refractivity contribution in [2.45, 2.75) is 19.9 Å². The molecule has 1 aromatic heterocycles. The van der Waals surface area contributed by atoms with E-state index in [1.807, 2.05) is 38.1 Å². The molecule has 0 aliphatic rings. The van der Waals surface area contributed by atoms with E-state index in [9.17, 15) is 4.79 Å².